The molecule has 9 heteroatoms. The largest absolute Gasteiger partial charge is 0.464 e. The topological polar surface area (TPSA) is 70.8 Å². The molecule has 0 unspecified atom stereocenters. The summed E-state index contributed by atoms with van der Waals surface area (Å²) in [7, 11) is -0.752. The predicted molar refractivity (Wildman–Crippen MR) is 89.1 cm³/mol. The smallest absolute Gasteiger partial charge is 0.252 e. The van der Waals surface area contributed by atoms with Gasteiger partial charge in [0.1, 0.15) is 15.7 Å². The summed E-state index contributed by atoms with van der Waals surface area (Å²) >= 11 is 6.73. The van der Waals surface area contributed by atoms with Crippen LogP contribution in [-0.4, -0.2) is 44.2 Å². The van der Waals surface area contributed by atoms with Gasteiger partial charge < -0.3 is 9.32 Å². The fourth-order valence-electron chi connectivity index (χ4n) is 1.88. The van der Waals surface area contributed by atoms with Gasteiger partial charge >= 0.3 is 0 Å². The molecule has 0 saturated heterocycles. The van der Waals surface area contributed by atoms with E-state index in [1.807, 2.05) is 13.0 Å². The molecule has 0 radical (unpaired) electrons. The summed E-state index contributed by atoms with van der Waals surface area (Å²) in [5.41, 5.74) is 0. The van der Waals surface area contributed by atoms with Crippen LogP contribution in [0.3, 0.4) is 0 Å². The Morgan fingerprint density at radius 3 is 2.48 bits per heavy atom. The first-order valence-corrected chi connectivity index (χ1v) is 9.34. The number of carbonyl (C=O) groups excluding carboxylic acids is 1. The van der Waals surface area contributed by atoms with Crippen molar-refractivity contribution in [2.45, 2.75) is 17.7 Å². The summed E-state index contributed by atoms with van der Waals surface area (Å²) in [5, 5.41) is 0. The van der Waals surface area contributed by atoms with E-state index in [1.54, 1.807) is 13.1 Å². The van der Waals surface area contributed by atoms with E-state index in [9.17, 15) is 13.2 Å². The van der Waals surface area contributed by atoms with Gasteiger partial charge in [-0.15, -0.1) is 11.3 Å². The molecule has 126 valence electrons. The maximum atomic E-state index is 12.4. The third-order valence-electron chi connectivity index (χ3n) is 3.19. The third-order valence-corrected chi connectivity index (χ3v) is 6.69. The van der Waals surface area contributed by atoms with Crippen LogP contribution in [0.25, 0.3) is 0 Å². The van der Waals surface area contributed by atoms with E-state index in [-0.39, 0.29) is 23.2 Å². The molecule has 2 aromatic rings. The first-order valence-electron chi connectivity index (χ1n) is 6.71. The molecule has 0 aliphatic heterocycles. The first kappa shape index (κ1) is 18.0. The van der Waals surface area contributed by atoms with Gasteiger partial charge in [0, 0.05) is 14.1 Å². The number of furan rings is 1. The molecule has 2 heterocycles. The molecule has 6 nitrogen and oxygen atoms in total. The molecular weight excluding hydrogens is 360 g/mol. The standard InChI is InChI=1S/C14H17ClN2O4S2/c1-10-4-5-11(21-10)8-16(2)13(18)9-17(3)23(19,20)14-7-6-12(15)22-14/h4-7H,8-9H2,1-3H3. The number of sulfonamides is 1. The van der Waals surface area contributed by atoms with Crippen molar-refractivity contribution in [1.82, 2.24) is 9.21 Å². The van der Waals surface area contributed by atoms with Crippen LogP contribution in [0.2, 0.25) is 4.34 Å². The van der Waals surface area contributed by atoms with Gasteiger partial charge in [-0.05, 0) is 31.2 Å². The SMILES string of the molecule is Cc1ccc(CN(C)C(=O)CN(C)S(=O)(=O)c2ccc(Cl)s2)o1. The Morgan fingerprint density at radius 2 is 1.96 bits per heavy atom. The minimum absolute atomic E-state index is 0.113. The molecule has 2 aromatic heterocycles. The number of nitrogens with zero attached hydrogens (tertiary/aromatic N) is 2. The number of carbonyl (C=O) groups is 1. The van der Waals surface area contributed by atoms with Gasteiger partial charge in [0.15, 0.2) is 0 Å². The van der Waals surface area contributed by atoms with Gasteiger partial charge in [-0.2, -0.15) is 4.31 Å². The normalized spacial score (nSPS) is 11.9. The molecular formula is C14H17ClN2O4S2. The van der Waals surface area contributed by atoms with Crippen molar-refractivity contribution in [3.05, 3.63) is 40.1 Å². The van der Waals surface area contributed by atoms with E-state index in [4.69, 9.17) is 16.0 Å². The lowest BCUT2D eigenvalue weighted by molar-refractivity contribution is -0.130. The zero-order chi connectivity index (χ0) is 17.2. The molecule has 1 amide bonds. The second-order valence-corrected chi connectivity index (χ2v) is 9.07. The van der Waals surface area contributed by atoms with Crippen molar-refractivity contribution in [2.75, 3.05) is 20.6 Å². The number of rotatable bonds is 6. The lowest BCUT2D eigenvalue weighted by Gasteiger charge is -2.20. The fraction of sp³-hybridized carbons (Fsp3) is 0.357. The Morgan fingerprint density at radius 1 is 1.26 bits per heavy atom. The maximum Gasteiger partial charge on any atom is 0.252 e. The van der Waals surface area contributed by atoms with Crippen molar-refractivity contribution in [2.24, 2.45) is 0 Å². The predicted octanol–water partition coefficient (Wildman–Crippen LogP) is 2.58. The first-order chi connectivity index (χ1) is 10.7. The summed E-state index contributed by atoms with van der Waals surface area (Å²) in [4.78, 5) is 13.6. The highest BCUT2D eigenvalue weighted by molar-refractivity contribution is 7.91. The number of aryl methyl sites for hydroxylation is 1. The summed E-state index contributed by atoms with van der Waals surface area (Å²) in [6.45, 7) is 1.84. The molecule has 2 rings (SSSR count). The second kappa shape index (κ2) is 7.04. The van der Waals surface area contributed by atoms with Crippen molar-refractivity contribution in [3.8, 4) is 0 Å². The molecule has 0 atom stereocenters. The monoisotopic (exact) mass is 376 g/mol. The maximum absolute atomic E-state index is 12.4. The van der Waals surface area contributed by atoms with Gasteiger partial charge in [-0.1, -0.05) is 11.6 Å². The van der Waals surface area contributed by atoms with E-state index in [0.717, 1.165) is 21.4 Å². The van der Waals surface area contributed by atoms with Crippen molar-refractivity contribution in [3.63, 3.8) is 0 Å². The minimum Gasteiger partial charge on any atom is -0.464 e. The highest BCUT2D eigenvalue weighted by atomic mass is 35.5. The zero-order valence-electron chi connectivity index (χ0n) is 12.9. The summed E-state index contributed by atoms with van der Waals surface area (Å²) < 4.78 is 31.6. The van der Waals surface area contributed by atoms with Crippen molar-refractivity contribution >= 4 is 38.9 Å². The van der Waals surface area contributed by atoms with Crippen LogP contribution >= 0.6 is 22.9 Å². The highest BCUT2D eigenvalue weighted by Gasteiger charge is 2.26. The van der Waals surface area contributed by atoms with Gasteiger partial charge in [0.05, 0.1) is 17.4 Å². The van der Waals surface area contributed by atoms with E-state index in [2.05, 4.69) is 0 Å². The Balaban J connectivity index is 2.01. The molecule has 23 heavy (non-hydrogen) atoms. The second-order valence-electron chi connectivity index (χ2n) is 5.08. The van der Waals surface area contributed by atoms with E-state index < -0.39 is 10.0 Å². The molecule has 0 N–H and O–H groups in total. The highest BCUT2D eigenvalue weighted by Crippen LogP contribution is 2.27. The Hall–Kier alpha value is -1.35. The van der Waals surface area contributed by atoms with E-state index in [1.165, 1.54) is 24.1 Å². The van der Waals surface area contributed by atoms with Crippen LogP contribution in [0.4, 0.5) is 0 Å². The van der Waals surface area contributed by atoms with E-state index >= 15 is 0 Å². The van der Waals surface area contributed by atoms with Crippen LogP contribution in [0.1, 0.15) is 11.5 Å². The summed E-state index contributed by atoms with van der Waals surface area (Å²) in [6, 6.07) is 6.54. The summed E-state index contributed by atoms with van der Waals surface area (Å²) in [6.07, 6.45) is 0. The Bertz CT molecular complexity index is 797. The lowest BCUT2D eigenvalue weighted by atomic mass is 10.4. The average molecular weight is 377 g/mol. The van der Waals surface area contributed by atoms with Gasteiger partial charge in [0.25, 0.3) is 10.0 Å². The van der Waals surface area contributed by atoms with Gasteiger partial charge in [0.2, 0.25) is 5.91 Å². The van der Waals surface area contributed by atoms with Crippen molar-refractivity contribution < 1.29 is 17.6 Å². The fourth-order valence-corrected chi connectivity index (χ4v) is 4.69. The molecule has 0 spiro atoms. The van der Waals surface area contributed by atoms with Gasteiger partial charge in [-0.25, -0.2) is 8.42 Å². The molecule has 0 aliphatic carbocycles. The number of likely N-dealkylation sites (N-methyl/N-ethyl adjacent to an activating group) is 2. The molecule has 0 aliphatic rings. The van der Waals surface area contributed by atoms with Crippen LogP contribution in [0, 0.1) is 6.92 Å². The van der Waals surface area contributed by atoms with Crippen LogP contribution < -0.4 is 0 Å². The number of amides is 1. The number of halogens is 1. The minimum atomic E-state index is -3.72. The summed E-state index contributed by atoms with van der Waals surface area (Å²) in [5.74, 6) is 1.08. The molecule has 0 bridgehead atoms. The Labute approximate surface area is 144 Å². The number of hydrogen-bond donors (Lipinski definition) is 0. The van der Waals surface area contributed by atoms with Gasteiger partial charge in [-0.3, -0.25) is 4.79 Å². The number of hydrogen-bond acceptors (Lipinski definition) is 5. The molecule has 0 fully saturated rings. The lowest BCUT2D eigenvalue weighted by Crippen LogP contribution is -2.38. The molecule has 0 saturated carbocycles. The zero-order valence-corrected chi connectivity index (χ0v) is 15.3. The van der Waals surface area contributed by atoms with E-state index in [0.29, 0.717) is 10.1 Å². The molecule has 0 aromatic carbocycles. The quantitative estimate of drug-likeness (QED) is 0.776. The number of thiophene rings is 1. The Kier molecular flexibility index (Phi) is 5.51. The van der Waals surface area contributed by atoms with Crippen LogP contribution in [0.15, 0.2) is 32.9 Å². The average Bonchev–Trinajstić information content (AvgIpc) is 3.07. The van der Waals surface area contributed by atoms with Crippen molar-refractivity contribution in [1.29, 1.82) is 0 Å². The van der Waals surface area contributed by atoms with Crippen LogP contribution in [-0.2, 0) is 21.4 Å². The van der Waals surface area contributed by atoms with Crippen LogP contribution in [0.5, 0.6) is 0 Å². The third kappa shape index (κ3) is 4.35.